The Hall–Kier alpha value is -1.62. The average molecular weight is 277 g/mol. The molecule has 1 aromatic carbocycles. The second-order valence-corrected chi connectivity index (χ2v) is 5.57. The lowest BCUT2D eigenvalue weighted by Crippen LogP contribution is -2.39. The van der Waals surface area contributed by atoms with E-state index in [1.807, 2.05) is 13.0 Å². The van der Waals surface area contributed by atoms with Gasteiger partial charge in [-0.3, -0.25) is 10.1 Å². The van der Waals surface area contributed by atoms with Gasteiger partial charge >= 0.3 is 0 Å². The first kappa shape index (κ1) is 14.8. The Morgan fingerprint density at radius 1 is 1.35 bits per heavy atom. The van der Waals surface area contributed by atoms with E-state index >= 15 is 0 Å². The van der Waals surface area contributed by atoms with E-state index < -0.39 is 0 Å². The van der Waals surface area contributed by atoms with Crippen LogP contribution in [0.15, 0.2) is 18.2 Å². The highest BCUT2D eigenvalue weighted by Gasteiger charge is 2.19. The van der Waals surface area contributed by atoms with Crippen molar-refractivity contribution in [1.82, 2.24) is 4.90 Å². The fourth-order valence-electron chi connectivity index (χ4n) is 2.80. The van der Waals surface area contributed by atoms with Crippen LogP contribution in [0, 0.1) is 17.0 Å². The number of hydrogen-bond donors (Lipinski definition) is 1. The maximum atomic E-state index is 10.9. The molecular formula is C15H23N3O2. The zero-order chi connectivity index (χ0) is 14.5. The molecular weight excluding hydrogens is 254 g/mol. The average Bonchev–Trinajstić information content (AvgIpc) is 2.40. The number of likely N-dealkylation sites (tertiary alicyclic amines) is 1. The summed E-state index contributed by atoms with van der Waals surface area (Å²) in [4.78, 5) is 13.0. The molecule has 0 aromatic heterocycles. The molecule has 1 aliphatic rings. The Labute approximate surface area is 120 Å². The molecule has 110 valence electrons. The maximum Gasteiger partial charge on any atom is 0.271 e. The normalized spacial score (nSPS) is 17.1. The molecule has 0 aliphatic carbocycles. The lowest BCUT2D eigenvalue weighted by Gasteiger charge is -2.32. The van der Waals surface area contributed by atoms with Gasteiger partial charge in [0.05, 0.1) is 4.92 Å². The summed E-state index contributed by atoms with van der Waals surface area (Å²) in [5, 5.41) is 14.3. The summed E-state index contributed by atoms with van der Waals surface area (Å²) in [6.45, 7) is 7.49. The van der Waals surface area contributed by atoms with Gasteiger partial charge in [-0.15, -0.1) is 0 Å². The zero-order valence-corrected chi connectivity index (χ0v) is 12.3. The standard InChI is InChI=1S/C15H23N3O2/c1-3-6-17-7-4-13(5-8-17)16-14-9-12(2)10-15(11-14)18(19)20/h9-11,13,16H,3-8H2,1-2H3. The van der Waals surface area contributed by atoms with E-state index in [1.54, 1.807) is 12.1 Å². The minimum atomic E-state index is -0.331. The number of nitrogens with zero attached hydrogens (tertiary/aromatic N) is 2. The highest BCUT2D eigenvalue weighted by Crippen LogP contribution is 2.23. The van der Waals surface area contributed by atoms with Gasteiger partial charge in [0.15, 0.2) is 0 Å². The van der Waals surface area contributed by atoms with E-state index in [4.69, 9.17) is 0 Å². The lowest BCUT2D eigenvalue weighted by molar-refractivity contribution is -0.384. The highest BCUT2D eigenvalue weighted by atomic mass is 16.6. The Balaban J connectivity index is 1.96. The number of benzene rings is 1. The third kappa shape index (κ3) is 3.93. The molecule has 1 aromatic rings. The Morgan fingerprint density at radius 3 is 2.65 bits per heavy atom. The minimum absolute atomic E-state index is 0.163. The van der Waals surface area contributed by atoms with Gasteiger partial charge in [0, 0.05) is 37.0 Å². The van der Waals surface area contributed by atoms with Gasteiger partial charge < -0.3 is 10.2 Å². The van der Waals surface area contributed by atoms with E-state index in [2.05, 4.69) is 17.1 Å². The molecule has 0 unspecified atom stereocenters. The maximum absolute atomic E-state index is 10.9. The summed E-state index contributed by atoms with van der Waals surface area (Å²) in [6, 6.07) is 5.63. The van der Waals surface area contributed by atoms with Crippen molar-refractivity contribution in [2.45, 2.75) is 39.2 Å². The molecule has 5 heteroatoms. The number of anilines is 1. The van der Waals surface area contributed by atoms with Crippen LogP contribution in [0.5, 0.6) is 0 Å². The van der Waals surface area contributed by atoms with Crippen molar-refractivity contribution < 1.29 is 4.92 Å². The minimum Gasteiger partial charge on any atom is -0.382 e. The van der Waals surface area contributed by atoms with Gasteiger partial charge in [0.1, 0.15) is 0 Å². The number of aryl methyl sites for hydroxylation is 1. The summed E-state index contributed by atoms with van der Waals surface area (Å²) in [7, 11) is 0. The fourth-order valence-corrected chi connectivity index (χ4v) is 2.80. The highest BCUT2D eigenvalue weighted by molar-refractivity contribution is 5.54. The molecule has 1 saturated heterocycles. The summed E-state index contributed by atoms with van der Waals surface area (Å²) in [6.07, 6.45) is 3.39. The smallest absolute Gasteiger partial charge is 0.271 e. The van der Waals surface area contributed by atoms with E-state index in [0.29, 0.717) is 6.04 Å². The van der Waals surface area contributed by atoms with Gasteiger partial charge in [-0.25, -0.2) is 0 Å². The summed E-state index contributed by atoms with van der Waals surface area (Å²) < 4.78 is 0. The third-order valence-corrected chi connectivity index (χ3v) is 3.77. The van der Waals surface area contributed by atoms with Crippen LogP contribution in [0.4, 0.5) is 11.4 Å². The van der Waals surface area contributed by atoms with Crippen molar-refractivity contribution in [3.63, 3.8) is 0 Å². The number of rotatable bonds is 5. The Bertz CT molecular complexity index is 468. The van der Waals surface area contributed by atoms with Crippen LogP contribution < -0.4 is 5.32 Å². The van der Waals surface area contributed by atoms with Gasteiger partial charge in [-0.2, -0.15) is 0 Å². The fraction of sp³-hybridized carbons (Fsp3) is 0.600. The van der Waals surface area contributed by atoms with Crippen LogP contribution in [-0.2, 0) is 0 Å². The van der Waals surface area contributed by atoms with Crippen LogP contribution in [-0.4, -0.2) is 35.5 Å². The quantitative estimate of drug-likeness (QED) is 0.663. The molecule has 0 saturated carbocycles. The van der Waals surface area contributed by atoms with Crippen LogP contribution in [0.25, 0.3) is 0 Å². The van der Waals surface area contributed by atoms with Crippen molar-refractivity contribution >= 4 is 11.4 Å². The molecule has 0 bridgehead atoms. The largest absolute Gasteiger partial charge is 0.382 e. The van der Waals surface area contributed by atoms with Crippen molar-refractivity contribution in [2.75, 3.05) is 25.0 Å². The monoisotopic (exact) mass is 277 g/mol. The van der Waals surface area contributed by atoms with Gasteiger partial charge in [-0.05, 0) is 44.4 Å². The van der Waals surface area contributed by atoms with Crippen molar-refractivity contribution in [2.24, 2.45) is 0 Å². The van der Waals surface area contributed by atoms with Crippen LogP contribution in [0.3, 0.4) is 0 Å². The number of piperidine rings is 1. The lowest BCUT2D eigenvalue weighted by atomic mass is 10.0. The molecule has 0 atom stereocenters. The summed E-state index contributed by atoms with van der Waals surface area (Å²) in [5.41, 5.74) is 1.95. The molecule has 0 amide bonds. The SMILES string of the molecule is CCCN1CCC(Nc2cc(C)cc([N+](=O)[O-])c2)CC1. The number of non-ortho nitro benzene ring substituents is 1. The van der Waals surface area contributed by atoms with Gasteiger partial charge in [-0.1, -0.05) is 6.92 Å². The van der Waals surface area contributed by atoms with E-state index in [0.717, 1.165) is 37.2 Å². The first-order valence-corrected chi connectivity index (χ1v) is 7.33. The molecule has 20 heavy (non-hydrogen) atoms. The Morgan fingerprint density at radius 2 is 2.05 bits per heavy atom. The van der Waals surface area contributed by atoms with E-state index in [-0.39, 0.29) is 10.6 Å². The number of nitrogens with one attached hydrogen (secondary N) is 1. The first-order chi connectivity index (χ1) is 9.58. The second-order valence-electron chi connectivity index (χ2n) is 5.57. The number of nitro benzene ring substituents is 1. The molecule has 5 nitrogen and oxygen atoms in total. The van der Waals surface area contributed by atoms with Crippen LogP contribution in [0.2, 0.25) is 0 Å². The van der Waals surface area contributed by atoms with Crippen molar-refractivity contribution in [1.29, 1.82) is 0 Å². The van der Waals surface area contributed by atoms with Gasteiger partial charge in [0.2, 0.25) is 0 Å². The first-order valence-electron chi connectivity index (χ1n) is 7.33. The van der Waals surface area contributed by atoms with Gasteiger partial charge in [0.25, 0.3) is 5.69 Å². The van der Waals surface area contributed by atoms with Crippen molar-refractivity contribution in [3.05, 3.63) is 33.9 Å². The van der Waals surface area contributed by atoms with Crippen molar-refractivity contribution in [3.8, 4) is 0 Å². The molecule has 2 rings (SSSR count). The molecule has 1 fully saturated rings. The molecule has 1 N–H and O–H groups in total. The van der Waals surface area contributed by atoms with Crippen LogP contribution in [0.1, 0.15) is 31.7 Å². The molecule has 0 spiro atoms. The predicted octanol–water partition coefficient (Wildman–Crippen LogP) is 3.19. The van der Waals surface area contributed by atoms with E-state index in [1.165, 1.54) is 13.0 Å². The second kappa shape index (κ2) is 6.70. The predicted molar refractivity (Wildman–Crippen MR) is 81.2 cm³/mol. The third-order valence-electron chi connectivity index (χ3n) is 3.77. The summed E-state index contributed by atoms with van der Waals surface area (Å²) in [5.74, 6) is 0. The number of nitro groups is 1. The Kier molecular flexibility index (Phi) is 4.95. The van der Waals surface area contributed by atoms with E-state index in [9.17, 15) is 10.1 Å². The van der Waals surface area contributed by atoms with Crippen LogP contribution >= 0.6 is 0 Å². The molecule has 1 heterocycles. The molecule has 0 radical (unpaired) electrons. The zero-order valence-electron chi connectivity index (χ0n) is 12.3. The summed E-state index contributed by atoms with van der Waals surface area (Å²) >= 11 is 0. The topological polar surface area (TPSA) is 58.4 Å². The molecule has 1 aliphatic heterocycles. The number of hydrogen-bond acceptors (Lipinski definition) is 4.